The lowest BCUT2D eigenvalue weighted by Gasteiger charge is -2.25. The molecule has 5 atom stereocenters. The molecule has 5 amide bonds. The maximum Gasteiger partial charge on any atom is 0.326 e. The van der Waals surface area contributed by atoms with E-state index in [-0.39, 0.29) is 6.42 Å². The maximum absolute atomic E-state index is 12.7. The van der Waals surface area contributed by atoms with Gasteiger partial charge in [-0.1, -0.05) is 0 Å². The predicted molar refractivity (Wildman–Crippen MR) is 114 cm³/mol. The summed E-state index contributed by atoms with van der Waals surface area (Å²) in [7, 11) is 0. The van der Waals surface area contributed by atoms with Gasteiger partial charge in [-0.05, 0) is 25.4 Å². The van der Waals surface area contributed by atoms with Gasteiger partial charge in [0, 0.05) is 0 Å². The fourth-order valence-electron chi connectivity index (χ4n) is 2.35. The summed E-state index contributed by atoms with van der Waals surface area (Å²) in [6.45, 7) is 1.25. The van der Waals surface area contributed by atoms with Crippen molar-refractivity contribution in [3.63, 3.8) is 0 Å². The van der Waals surface area contributed by atoms with Gasteiger partial charge in [0.05, 0.1) is 18.9 Å². The van der Waals surface area contributed by atoms with Crippen LogP contribution in [-0.2, 0) is 28.8 Å². The van der Waals surface area contributed by atoms with Crippen LogP contribution in [0, 0.1) is 0 Å². The van der Waals surface area contributed by atoms with Crippen molar-refractivity contribution in [3.8, 4) is 0 Å². The number of aliphatic carboxylic acids is 1. The average molecular weight is 479 g/mol. The topological polar surface area (TPSA) is 257 Å². The summed E-state index contributed by atoms with van der Waals surface area (Å²) in [6.07, 6.45) is -0.739. The van der Waals surface area contributed by atoms with Gasteiger partial charge in [-0.15, -0.1) is 0 Å². The lowest BCUT2D eigenvalue weighted by Crippen LogP contribution is -2.59. The standard InChI is InChI=1S/C17H30N6O8S/c1-7(24)13(20)16(29)22-9(5-11(18)25)15(28)21-8(3-4-32-2)14(27)23-10(17(30)31)6-12(19)26/h7-10,13,24H,3-6,20H2,1-2H3,(H2,18,25)(H2,19,26)(H,21,28)(H,22,29)(H,23,27)(H,30,31). The number of primary amides is 2. The number of nitrogens with two attached hydrogens (primary N) is 3. The van der Waals surface area contributed by atoms with E-state index in [2.05, 4.69) is 16.0 Å². The lowest BCUT2D eigenvalue weighted by atomic mass is 10.1. The van der Waals surface area contributed by atoms with Gasteiger partial charge in [-0.3, -0.25) is 24.0 Å². The molecule has 0 aromatic heterocycles. The zero-order valence-electron chi connectivity index (χ0n) is 17.7. The Hall–Kier alpha value is -2.91. The minimum atomic E-state index is -1.61. The number of carboxylic acid groups (broad SMARTS) is 1. The van der Waals surface area contributed by atoms with Crippen LogP contribution < -0.4 is 33.2 Å². The summed E-state index contributed by atoms with van der Waals surface area (Å²) in [5, 5.41) is 25.2. The molecule has 0 aliphatic rings. The second kappa shape index (κ2) is 14.2. The zero-order valence-corrected chi connectivity index (χ0v) is 18.5. The summed E-state index contributed by atoms with van der Waals surface area (Å²) in [5.41, 5.74) is 15.6. The minimum Gasteiger partial charge on any atom is -0.480 e. The van der Waals surface area contributed by atoms with Crippen molar-refractivity contribution < 1.29 is 39.0 Å². The highest BCUT2D eigenvalue weighted by Gasteiger charge is 2.32. The van der Waals surface area contributed by atoms with Crippen LogP contribution in [0.1, 0.15) is 26.2 Å². The summed E-state index contributed by atoms with van der Waals surface area (Å²) in [5.74, 6) is -5.82. The third-order valence-corrected chi connectivity index (χ3v) is 4.77. The number of carboxylic acids is 1. The van der Waals surface area contributed by atoms with Gasteiger partial charge in [0.2, 0.25) is 29.5 Å². The van der Waals surface area contributed by atoms with E-state index in [9.17, 15) is 33.9 Å². The quantitative estimate of drug-likeness (QED) is 0.112. The molecule has 0 aromatic rings. The molecule has 0 aliphatic carbocycles. The molecule has 14 nitrogen and oxygen atoms in total. The third-order valence-electron chi connectivity index (χ3n) is 4.12. The van der Waals surface area contributed by atoms with Gasteiger partial charge in [0.25, 0.3) is 0 Å². The van der Waals surface area contributed by atoms with Gasteiger partial charge in [0.15, 0.2) is 0 Å². The molecule has 182 valence electrons. The van der Waals surface area contributed by atoms with E-state index in [4.69, 9.17) is 22.3 Å². The molecule has 0 heterocycles. The minimum absolute atomic E-state index is 0.0616. The van der Waals surface area contributed by atoms with E-state index in [1.165, 1.54) is 18.7 Å². The molecular formula is C17H30N6O8S. The van der Waals surface area contributed by atoms with Gasteiger partial charge in [-0.25, -0.2) is 4.79 Å². The molecule has 0 radical (unpaired) electrons. The van der Waals surface area contributed by atoms with Crippen molar-refractivity contribution in [1.82, 2.24) is 16.0 Å². The number of carbonyl (C=O) groups excluding carboxylic acids is 5. The predicted octanol–water partition coefficient (Wildman–Crippen LogP) is -4.26. The average Bonchev–Trinajstić information content (AvgIpc) is 2.68. The van der Waals surface area contributed by atoms with E-state index in [0.717, 1.165) is 0 Å². The highest BCUT2D eigenvalue weighted by atomic mass is 32.2. The molecule has 5 unspecified atom stereocenters. The van der Waals surface area contributed by atoms with Crippen molar-refractivity contribution in [2.24, 2.45) is 17.2 Å². The van der Waals surface area contributed by atoms with Crippen LogP contribution in [0.25, 0.3) is 0 Å². The van der Waals surface area contributed by atoms with Crippen molar-refractivity contribution in [2.75, 3.05) is 12.0 Å². The number of thioether (sulfide) groups is 1. The number of rotatable bonds is 15. The third kappa shape index (κ3) is 10.9. The zero-order chi connectivity index (χ0) is 25.0. The molecule has 0 aromatic carbocycles. The first-order valence-corrected chi connectivity index (χ1v) is 10.8. The molecule has 0 saturated heterocycles. The van der Waals surface area contributed by atoms with Gasteiger partial charge in [-0.2, -0.15) is 11.8 Å². The molecule has 0 bridgehead atoms. The first-order chi connectivity index (χ1) is 14.8. The number of hydrogen-bond donors (Lipinski definition) is 8. The Labute approximate surface area is 188 Å². The Bertz CT molecular complexity index is 719. The highest BCUT2D eigenvalue weighted by Crippen LogP contribution is 2.05. The smallest absolute Gasteiger partial charge is 0.326 e. The summed E-state index contributed by atoms with van der Waals surface area (Å²) >= 11 is 1.34. The second-order valence-corrected chi connectivity index (χ2v) is 7.90. The summed E-state index contributed by atoms with van der Waals surface area (Å²) in [6, 6.07) is -5.77. The molecule has 11 N–H and O–H groups in total. The first-order valence-electron chi connectivity index (χ1n) is 9.43. The number of amides is 5. The molecule has 0 aliphatic heterocycles. The Balaban J connectivity index is 5.51. The van der Waals surface area contributed by atoms with E-state index in [1.54, 1.807) is 6.26 Å². The Morgan fingerprint density at radius 2 is 1.28 bits per heavy atom. The summed E-state index contributed by atoms with van der Waals surface area (Å²) in [4.78, 5) is 70.9. The SMILES string of the molecule is CSCCC(NC(=O)C(CC(N)=O)NC(=O)C(N)C(C)O)C(=O)NC(CC(N)=O)C(=O)O. The van der Waals surface area contributed by atoms with Crippen LogP contribution in [-0.4, -0.2) is 88.0 Å². The number of nitrogens with one attached hydrogen (secondary N) is 3. The van der Waals surface area contributed by atoms with Crippen molar-refractivity contribution in [2.45, 2.75) is 56.5 Å². The van der Waals surface area contributed by atoms with Crippen LogP contribution in [0.4, 0.5) is 0 Å². The van der Waals surface area contributed by atoms with Crippen LogP contribution in [0.15, 0.2) is 0 Å². The fourth-order valence-corrected chi connectivity index (χ4v) is 2.82. The first kappa shape index (κ1) is 29.1. The van der Waals surface area contributed by atoms with E-state index >= 15 is 0 Å². The van der Waals surface area contributed by atoms with E-state index in [0.29, 0.717) is 5.75 Å². The van der Waals surface area contributed by atoms with E-state index < -0.39 is 78.6 Å². The number of aliphatic hydroxyl groups excluding tert-OH is 1. The lowest BCUT2D eigenvalue weighted by molar-refractivity contribution is -0.144. The van der Waals surface area contributed by atoms with E-state index in [1.807, 2.05) is 0 Å². The normalized spacial score (nSPS) is 15.4. The number of hydrogen-bond acceptors (Lipinski definition) is 9. The number of carbonyl (C=O) groups is 6. The fraction of sp³-hybridized carbons (Fsp3) is 0.647. The Morgan fingerprint density at radius 1 is 0.844 bits per heavy atom. The Kier molecular flexibility index (Phi) is 12.9. The number of aliphatic hydroxyl groups is 1. The van der Waals surface area contributed by atoms with Crippen LogP contribution in [0.5, 0.6) is 0 Å². The second-order valence-electron chi connectivity index (χ2n) is 6.91. The van der Waals surface area contributed by atoms with Crippen LogP contribution >= 0.6 is 11.8 Å². The maximum atomic E-state index is 12.7. The van der Waals surface area contributed by atoms with Gasteiger partial charge < -0.3 is 43.4 Å². The van der Waals surface area contributed by atoms with Crippen LogP contribution in [0.2, 0.25) is 0 Å². The molecule has 0 saturated carbocycles. The Morgan fingerprint density at radius 3 is 1.72 bits per heavy atom. The van der Waals surface area contributed by atoms with Crippen molar-refractivity contribution in [1.29, 1.82) is 0 Å². The molecule has 0 spiro atoms. The summed E-state index contributed by atoms with van der Waals surface area (Å²) < 4.78 is 0. The largest absolute Gasteiger partial charge is 0.480 e. The van der Waals surface area contributed by atoms with Gasteiger partial charge in [0.1, 0.15) is 24.2 Å². The monoisotopic (exact) mass is 478 g/mol. The molecule has 0 rings (SSSR count). The molecule has 32 heavy (non-hydrogen) atoms. The highest BCUT2D eigenvalue weighted by molar-refractivity contribution is 7.98. The van der Waals surface area contributed by atoms with Crippen molar-refractivity contribution in [3.05, 3.63) is 0 Å². The molecular weight excluding hydrogens is 448 g/mol. The molecule has 15 heteroatoms. The van der Waals surface area contributed by atoms with Crippen LogP contribution in [0.3, 0.4) is 0 Å². The molecule has 0 fully saturated rings. The van der Waals surface area contributed by atoms with Crippen molar-refractivity contribution >= 4 is 47.3 Å². The van der Waals surface area contributed by atoms with Gasteiger partial charge >= 0.3 is 5.97 Å².